The first-order valence-corrected chi connectivity index (χ1v) is 6.96. The quantitative estimate of drug-likeness (QED) is 0.899. The molecule has 7 heteroatoms. The Kier molecular flexibility index (Phi) is 3.58. The zero-order valence-corrected chi connectivity index (χ0v) is 10.5. The predicted molar refractivity (Wildman–Crippen MR) is 62.7 cm³/mol. The van der Waals surface area contributed by atoms with E-state index in [1.165, 1.54) is 18.2 Å². The Morgan fingerprint density at radius 2 is 2.24 bits per heavy atom. The normalized spacial score (nSPS) is 20.5. The number of hydrogen-bond acceptors (Lipinski definition) is 4. The number of rotatable bonds is 3. The number of primary sulfonamides is 1. The molecule has 1 heterocycles. The lowest BCUT2D eigenvalue weighted by atomic mass is 10.3. The third-order valence-electron chi connectivity index (χ3n) is 2.41. The van der Waals surface area contributed by atoms with Gasteiger partial charge in [0.25, 0.3) is 0 Å². The third-order valence-corrected chi connectivity index (χ3v) is 3.62. The van der Waals surface area contributed by atoms with E-state index < -0.39 is 10.0 Å². The van der Waals surface area contributed by atoms with Crippen molar-refractivity contribution in [3.8, 4) is 5.75 Å². The summed E-state index contributed by atoms with van der Waals surface area (Å²) in [6.07, 6.45) is 0.764. The van der Waals surface area contributed by atoms with E-state index in [2.05, 4.69) is 0 Å². The standard InChI is InChI=1S/C10H12ClNO4S/c11-9-5-8(17(12,13)14)1-2-10(9)16-7-3-4-15-6-7/h1-2,5,7H,3-4,6H2,(H2,12,13,14). The fourth-order valence-corrected chi connectivity index (χ4v) is 2.37. The maximum absolute atomic E-state index is 11.1. The molecular weight excluding hydrogens is 266 g/mol. The van der Waals surface area contributed by atoms with Gasteiger partial charge in [0.2, 0.25) is 10.0 Å². The molecule has 1 aromatic rings. The van der Waals surface area contributed by atoms with Gasteiger partial charge in [-0.1, -0.05) is 11.6 Å². The highest BCUT2D eigenvalue weighted by atomic mass is 35.5. The third kappa shape index (κ3) is 3.10. The van der Waals surface area contributed by atoms with Crippen molar-refractivity contribution in [1.82, 2.24) is 0 Å². The summed E-state index contributed by atoms with van der Waals surface area (Å²) in [6, 6.07) is 4.15. The van der Waals surface area contributed by atoms with Gasteiger partial charge in [0.1, 0.15) is 11.9 Å². The fourth-order valence-electron chi connectivity index (χ4n) is 1.54. The number of ether oxygens (including phenoxy) is 2. The van der Waals surface area contributed by atoms with Crippen LogP contribution >= 0.6 is 11.6 Å². The average Bonchev–Trinajstić information content (AvgIpc) is 2.72. The number of halogens is 1. The summed E-state index contributed by atoms with van der Waals surface area (Å²) in [5.74, 6) is 0.439. The number of sulfonamides is 1. The van der Waals surface area contributed by atoms with Gasteiger partial charge < -0.3 is 9.47 Å². The summed E-state index contributed by atoms with van der Waals surface area (Å²) in [6.45, 7) is 1.19. The lowest BCUT2D eigenvalue weighted by Crippen LogP contribution is -2.16. The van der Waals surface area contributed by atoms with E-state index in [-0.39, 0.29) is 16.0 Å². The summed E-state index contributed by atoms with van der Waals surface area (Å²) in [7, 11) is -3.73. The summed E-state index contributed by atoms with van der Waals surface area (Å²) in [5.41, 5.74) is 0. The van der Waals surface area contributed by atoms with Crippen LogP contribution in [0.1, 0.15) is 6.42 Å². The van der Waals surface area contributed by atoms with Crippen molar-refractivity contribution in [3.05, 3.63) is 23.2 Å². The van der Waals surface area contributed by atoms with Crippen LogP contribution in [0.3, 0.4) is 0 Å². The van der Waals surface area contributed by atoms with Crippen LogP contribution in [0.5, 0.6) is 5.75 Å². The molecule has 94 valence electrons. The molecule has 1 atom stereocenters. The molecule has 2 rings (SSSR count). The van der Waals surface area contributed by atoms with E-state index in [0.29, 0.717) is 19.0 Å². The van der Waals surface area contributed by atoms with Gasteiger partial charge in [-0.25, -0.2) is 13.6 Å². The largest absolute Gasteiger partial charge is 0.486 e. The molecule has 1 unspecified atom stereocenters. The number of nitrogens with two attached hydrogens (primary N) is 1. The Bertz CT molecular complexity index is 511. The number of benzene rings is 1. The SMILES string of the molecule is NS(=O)(=O)c1ccc(OC2CCOC2)c(Cl)c1. The molecule has 2 N–H and O–H groups in total. The van der Waals surface area contributed by atoms with Gasteiger partial charge in [-0.05, 0) is 18.2 Å². The van der Waals surface area contributed by atoms with E-state index in [1.807, 2.05) is 0 Å². The van der Waals surface area contributed by atoms with Crippen LogP contribution in [0.25, 0.3) is 0 Å². The predicted octanol–water partition coefficient (Wildman–Crippen LogP) is 1.16. The second kappa shape index (κ2) is 4.81. The molecule has 1 aliphatic rings. The van der Waals surface area contributed by atoms with Crippen molar-refractivity contribution < 1.29 is 17.9 Å². The molecule has 0 aliphatic carbocycles. The smallest absolute Gasteiger partial charge is 0.238 e. The Balaban J connectivity index is 2.19. The van der Waals surface area contributed by atoms with Gasteiger partial charge in [-0.3, -0.25) is 0 Å². The van der Waals surface area contributed by atoms with Crippen LogP contribution in [0.4, 0.5) is 0 Å². The fraction of sp³-hybridized carbons (Fsp3) is 0.400. The van der Waals surface area contributed by atoms with Crippen molar-refractivity contribution in [1.29, 1.82) is 0 Å². The maximum Gasteiger partial charge on any atom is 0.238 e. The molecule has 0 bridgehead atoms. The highest BCUT2D eigenvalue weighted by molar-refractivity contribution is 7.89. The van der Waals surface area contributed by atoms with Crippen molar-refractivity contribution in [3.63, 3.8) is 0 Å². The molecule has 1 fully saturated rings. The summed E-state index contributed by atoms with van der Waals surface area (Å²) < 4.78 is 32.9. The van der Waals surface area contributed by atoms with Gasteiger partial charge in [0.15, 0.2) is 0 Å². The zero-order chi connectivity index (χ0) is 12.5. The van der Waals surface area contributed by atoms with E-state index >= 15 is 0 Å². The average molecular weight is 278 g/mol. The van der Waals surface area contributed by atoms with Crippen molar-refractivity contribution in [2.45, 2.75) is 17.4 Å². The van der Waals surface area contributed by atoms with E-state index in [0.717, 1.165) is 6.42 Å². The van der Waals surface area contributed by atoms with Crippen LogP contribution in [0.2, 0.25) is 5.02 Å². The Morgan fingerprint density at radius 1 is 1.47 bits per heavy atom. The Hall–Kier alpha value is -0.820. The summed E-state index contributed by atoms with van der Waals surface area (Å²) >= 11 is 5.93. The van der Waals surface area contributed by atoms with Gasteiger partial charge in [0.05, 0.1) is 23.1 Å². The van der Waals surface area contributed by atoms with Crippen LogP contribution < -0.4 is 9.88 Å². The number of hydrogen-bond donors (Lipinski definition) is 1. The minimum absolute atomic E-state index is 0.0301. The van der Waals surface area contributed by atoms with Crippen LogP contribution in [0.15, 0.2) is 23.1 Å². The van der Waals surface area contributed by atoms with Gasteiger partial charge in [-0.15, -0.1) is 0 Å². The monoisotopic (exact) mass is 277 g/mol. The molecule has 5 nitrogen and oxygen atoms in total. The van der Waals surface area contributed by atoms with E-state index in [4.69, 9.17) is 26.2 Å². The van der Waals surface area contributed by atoms with Crippen LogP contribution in [-0.2, 0) is 14.8 Å². The lowest BCUT2D eigenvalue weighted by Gasteiger charge is -2.13. The highest BCUT2D eigenvalue weighted by Gasteiger charge is 2.19. The summed E-state index contributed by atoms with van der Waals surface area (Å²) in [4.78, 5) is -0.0301. The first kappa shape index (κ1) is 12.6. The van der Waals surface area contributed by atoms with Crippen molar-refractivity contribution in [2.75, 3.05) is 13.2 Å². The minimum atomic E-state index is -3.73. The zero-order valence-electron chi connectivity index (χ0n) is 8.93. The molecule has 0 saturated carbocycles. The van der Waals surface area contributed by atoms with Gasteiger partial charge in [0, 0.05) is 6.42 Å². The molecule has 0 spiro atoms. The molecule has 0 radical (unpaired) electrons. The second-order valence-corrected chi connectivity index (χ2v) is 5.71. The van der Waals surface area contributed by atoms with E-state index in [9.17, 15) is 8.42 Å². The Labute approximate surface area is 105 Å². The maximum atomic E-state index is 11.1. The van der Waals surface area contributed by atoms with Crippen LogP contribution in [-0.4, -0.2) is 27.7 Å². The lowest BCUT2D eigenvalue weighted by molar-refractivity contribution is 0.141. The van der Waals surface area contributed by atoms with Gasteiger partial charge >= 0.3 is 0 Å². The summed E-state index contributed by atoms with van der Waals surface area (Å²) in [5, 5.41) is 5.22. The highest BCUT2D eigenvalue weighted by Crippen LogP contribution is 2.28. The second-order valence-electron chi connectivity index (χ2n) is 3.74. The first-order chi connectivity index (χ1) is 7.97. The molecule has 1 aliphatic heterocycles. The van der Waals surface area contributed by atoms with Crippen molar-refractivity contribution >= 4 is 21.6 Å². The van der Waals surface area contributed by atoms with Crippen LogP contribution in [0, 0.1) is 0 Å². The topological polar surface area (TPSA) is 78.6 Å². The molecule has 1 aromatic carbocycles. The molecule has 17 heavy (non-hydrogen) atoms. The minimum Gasteiger partial charge on any atom is -0.486 e. The molecule has 0 aromatic heterocycles. The Morgan fingerprint density at radius 3 is 2.76 bits per heavy atom. The first-order valence-electron chi connectivity index (χ1n) is 5.03. The molecule has 0 amide bonds. The van der Waals surface area contributed by atoms with E-state index in [1.54, 1.807) is 0 Å². The van der Waals surface area contributed by atoms with Gasteiger partial charge in [-0.2, -0.15) is 0 Å². The van der Waals surface area contributed by atoms with Crippen molar-refractivity contribution in [2.24, 2.45) is 5.14 Å². The molecular formula is C10H12ClNO4S. The molecule has 1 saturated heterocycles.